The van der Waals surface area contributed by atoms with Crippen molar-refractivity contribution >= 4 is 11.6 Å². The zero-order chi connectivity index (χ0) is 18.1. The SMILES string of the molecule is CCc1ccc(N2CC(c3nc(C4CNCCN4C)no3)CC2=O)cc1. The van der Waals surface area contributed by atoms with Crippen molar-refractivity contribution in [3.63, 3.8) is 0 Å². The number of piperazine rings is 1. The van der Waals surface area contributed by atoms with Gasteiger partial charge in [0.1, 0.15) is 0 Å². The Morgan fingerprint density at radius 3 is 2.85 bits per heavy atom. The molecule has 1 aromatic carbocycles. The van der Waals surface area contributed by atoms with E-state index in [2.05, 4.69) is 46.5 Å². The maximum atomic E-state index is 12.5. The lowest BCUT2D eigenvalue weighted by Gasteiger charge is -2.30. The van der Waals surface area contributed by atoms with Crippen LogP contribution in [0.15, 0.2) is 28.8 Å². The fraction of sp³-hybridized carbons (Fsp3) is 0.526. The number of anilines is 1. The molecule has 2 aromatic rings. The number of nitrogens with one attached hydrogen (secondary N) is 1. The summed E-state index contributed by atoms with van der Waals surface area (Å²) in [5, 5.41) is 7.54. The highest BCUT2D eigenvalue weighted by Crippen LogP contribution is 2.32. The number of aryl methyl sites for hydroxylation is 1. The molecule has 1 N–H and O–H groups in total. The lowest BCUT2D eigenvalue weighted by Crippen LogP contribution is -2.44. The Kier molecular flexibility index (Phi) is 4.74. The molecule has 7 nitrogen and oxygen atoms in total. The van der Waals surface area contributed by atoms with E-state index in [-0.39, 0.29) is 17.9 Å². The smallest absolute Gasteiger partial charge is 0.232 e. The molecule has 2 aliphatic heterocycles. The van der Waals surface area contributed by atoms with Crippen molar-refractivity contribution in [2.45, 2.75) is 31.7 Å². The number of likely N-dealkylation sites (N-methyl/N-ethyl adjacent to an activating group) is 1. The molecule has 0 radical (unpaired) electrons. The van der Waals surface area contributed by atoms with E-state index in [1.54, 1.807) is 0 Å². The molecule has 1 aromatic heterocycles. The molecule has 26 heavy (non-hydrogen) atoms. The Balaban J connectivity index is 1.48. The number of carbonyl (C=O) groups is 1. The lowest BCUT2D eigenvalue weighted by molar-refractivity contribution is -0.117. The van der Waals surface area contributed by atoms with Crippen LogP contribution in [0.3, 0.4) is 0 Å². The molecule has 0 spiro atoms. The quantitative estimate of drug-likeness (QED) is 0.900. The molecule has 2 fully saturated rings. The highest BCUT2D eigenvalue weighted by Gasteiger charge is 2.36. The van der Waals surface area contributed by atoms with Crippen molar-refractivity contribution in [3.8, 4) is 0 Å². The number of amides is 1. The van der Waals surface area contributed by atoms with Gasteiger partial charge in [0.15, 0.2) is 5.82 Å². The monoisotopic (exact) mass is 355 g/mol. The number of benzene rings is 1. The minimum atomic E-state index is -0.0449. The summed E-state index contributed by atoms with van der Waals surface area (Å²) in [4.78, 5) is 21.2. The molecule has 2 atom stereocenters. The van der Waals surface area contributed by atoms with Gasteiger partial charge in [0, 0.05) is 38.3 Å². The third-order valence-corrected chi connectivity index (χ3v) is 5.40. The van der Waals surface area contributed by atoms with Gasteiger partial charge in [-0.15, -0.1) is 0 Å². The average molecular weight is 355 g/mol. The molecule has 1 amide bonds. The van der Waals surface area contributed by atoms with E-state index in [1.165, 1.54) is 5.56 Å². The topological polar surface area (TPSA) is 74.5 Å². The van der Waals surface area contributed by atoms with Crippen LogP contribution >= 0.6 is 0 Å². The predicted octanol–water partition coefficient (Wildman–Crippen LogP) is 1.73. The van der Waals surface area contributed by atoms with Crippen molar-refractivity contribution in [1.82, 2.24) is 20.4 Å². The highest BCUT2D eigenvalue weighted by molar-refractivity contribution is 5.96. The molecule has 4 rings (SSSR count). The van der Waals surface area contributed by atoms with Gasteiger partial charge in [-0.2, -0.15) is 4.98 Å². The molecular formula is C19H25N5O2. The summed E-state index contributed by atoms with van der Waals surface area (Å²) in [7, 11) is 2.07. The van der Waals surface area contributed by atoms with E-state index >= 15 is 0 Å². The summed E-state index contributed by atoms with van der Waals surface area (Å²) in [5.41, 5.74) is 2.20. The fourth-order valence-electron chi connectivity index (χ4n) is 3.68. The second kappa shape index (κ2) is 7.17. The summed E-state index contributed by atoms with van der Waals surface area (Å²) in [5.74, 6) is 1.33. The highest BCUT2D eigenvalue weighted by atomic mass is 16.5. The standard InChI is InChI=1S/C19H25N5O2/c1-3-13-4-6-15(7-5-13)24-12-14(10-17(24)25)19-21-18(22-26-19)16-11-20-8-9-23(16)2/h4-7,14,16,20H,3,8-12H2,1-2H3. The Labute approximate surface area is 153 Å². The molecule has 0 bridgehead atoms. The summed E-state index contributed by atoms with van der Waals surface area (Å²) in [6, 6.07) is 8.30. The van der Waals surface area contributed by atoms with E-state index in [1.807, 2.05) is 17.0 Å². The van der Waals surface area contributed by atoms with Crippen LogP contribution in [0.2, 0.25) is 0 Å². The summed E-state index contributed by atoms with van der Waals surface area (Å²) in [6.45, 7) is 5.46. The molecule has 0 saturated carbocycles. The van der Waals surface area contributed by atoms with Crippen LogP contribution in [-0.2, 0) is 11.2 Å². The van der Waals surface area contributed by atoms with Gasteiger partial charge in [-0.25, -0.2) is 0 Å². The molecular weight excluding hydrogens is 330 g/mol. The van der Waals surface area contributed by atoms with Gasteiger partial charge in [0.2, 0.25) is 11.8 Å². The van der Waals surface area contributed by atoms with Crippen LogP contribution in [0, 0.1) is 0 Å². The second-order valence-corrected chi connectivity index (χ2v) is 7.12. The summed E-state index contributed by atoms with van der Waals surface area (Å²) >= 11 is 0. The average Bonchev–Trinajstić information content (AvgIpc) is 3.29. The van der Waals surface area contributed by atoms with E-state index < -0.39 is 0 Å². The number of nitrogens with zero attached hydrogens (tertiary/aromatic N) is 4. The van der Waals surface area contributed by atoms with Crippen molar-refractivity contribution in [3.05, 3.63) is 41.5 Å². The lowest BCUT2D eigenvalue weighted by atomic mass is 10.1. The molecule has 7 heteroatoms. The number of rotatable bonds is 4. The first-order chi connectivity index (χ1) is 12.7. The molecule has 0 aliphatic carbocycles. The Bertz CT molecular complexity index is 772. The minimum absolute atomic E-state index is 0.0449. The van der Waals surface area contributed by atoms with Crippen LogP contribution in [-0.4, -0.2) is 54.2 Å². The number of hydrogen-bond acceptors (Lipinski definition) is 6. The van der Waals surface area contributed by atoms with Gasteiger partial charge in [-0.05, 0) is 31.2 Å². The third-order valence-electron chi connectivity index (χ3n) is 5.40. The minimum Gasteiger partial charge on any atom is -0.339 e. The van der Waals surface area contributed by atoms with Gasteiger partial charge in [-0.1, -0.05) is 24.2 Å². The predicted molar refractivity (Wildman–Crippen MR) is 98.1 cm³/mol. The van der Waals surface area contributed by atoms with Crippen molar-refractivity contribution < 1.29 is 9.32 Å². The van der Waals surface area contributed by atoms with Gasteiger partial charge in [0.25, 0.3) is 0 Å². The van der Waals surface area contributed by atoms with Crippen LogP contribution < -0.4 is 10.2 Å². The first kappa shape index (κ1) is 17.2. The van der Waals surface area contributed by atoms with Gasteiger partial charge in [-0.3, -0.25) is 9.69 Å². The fourth-order valence-corrected chi connectivity index (χ4v) is 3.68. The van der Waals surface area contributed by atoms with Crippen molar-refractivity contribution in [2.75, 3.05) is 38.1 Å². The summed E-state index contributed by atoms with van der Waals surface area (Å²) < 4.78 is 5.52. The molecule has 2 aliphatic rings. The zero-order valence-corrected chi connectivity index (χ0v) is 15.3. The van der Waals surface area contributed by atoms with Gasteiger partial charge >= 0.3 is 0 Å². The Hall–Kier alpha value is -2.25. The van der Waals surface area contributed by atoms with Crippen LogP contribution in [0.1, 0.15) is 42.6 Å². The molecule has 138 valence electrons. The van der Waals surface area contributed by atoms with E-state index in [0.29, 0.717) is 24.7 Å². The maximum absolute atomic E-state index is 12.5. The molecule has 2 saturated heterocycles. The first-order valence-electron chi connectivity index (χ1n) is 9.29. The summed E-state index contributed by atoms with van der Waals surface area (Å²) in [6.07, 6.45) is 1.40. The first-order valence-corrected chi connectivity index (χ1v) is 9.29. The zero-order valence-electron chi connectivity index (χ0n) is 15.3. The number of carbonyl (C=O) groups excluding carboxylic acids is 1. The normalized spacial score (nSPS) is 24.4. The van der Waals surface area contributed by atoms with Crippen molar-refractivity contribution in [2.24, 2.45) is 0 Å². The van der Waals surface area contributed by atoms with E-state index in [0.717, 1.165) is 31.7 Å². The van der Waals surface area contributed by atoms with E-state index in [4.69, 9.17) is 4.52 Å². The Morgan fingerprint density at radius 2 is 2.12 bits per heavy atom. The number of hydrogen-bond donors (Lipinski definition) is 1. The van der Waals surface area contributed by atoms with Crippen molar-refractivity contribution in [1.29, 1.82) is 0 Å². The van der Waals surface area contributed by atoms with Gasteiger partial charge in [0.05, 0.1) is 12.0 Å². The molecule has 2 unspecified atom stereocenters. The third kappa shape index (κ3) is 3.24. The van der Waals surface area contributed by atoms with E-state index in [9.17, 15) is 4.79 Å². The largest absolute Gasteiger partial charge is 0.339 e. The second-order valence-electron chi connectivity index (χ2n) is 7.12. The van der Waals surface area contributed by atoms with Crippen LogP contribution in [0.25, 0.3) is 0 Å². The van der Waals surface area contributed by atoms with Crippen LogP contribution in [0.5, 0.6) is 0 Å². The Morgan fingerprint density at radius 1 is 1.31 bits per heavy atom. The maximum Gasteiger partial charge on any atom is 0.232 e. The molecule has 3 heterocycles. The van der Waals surface area contributed by atoms with Crippen LogP contribution in [0.4, 0.5) is 5.69 Å². The number of aromatic nitrogens is 2. The van der Waals surface area contributed by atoms with Gasteiger partial charge < -0.3 is 14.7 Å².